The van der Waals surface area contributed by atoms with Crippen molar-refractivity contribution in [3.8, 4) is 0 Å². The van der Waals surface area contributed by atoms with Crippen molar-refractivity contribution in [3.63, 3.8) is 0 Å². The van der Waals surface area contributed by atoms with Gasteiger partial charge < -0.3 is 0 Å². The van der Waals surface area contributed by atoms with Crippen molar-refractivity contribution in [3.05, 3.63) is 15.1 Å². The molecule has 11 heavy (non-hydrogen) atoms. The van der Waals surface area contributed by atoms with Gasteiger partial charge in [-0.3, -0.25) is 0 Å². The number of hydrogen-bond donors (Lipinski definition) is 2. The molecule has 0 bridgehead atoms. The van der Waals surface area contributed by atoms with Crippen LogP contribution in [0.25, 0.3) is 0 Å². The average Bonchev–Trinajstić information content (AvgIpc) is 2.34. The van der Waals surface area contributed by atoms with Gasteiger partial charge >= 0.3 is 67.0 Å². The van der Waals surface area contributed by atoms with E-state index in [1.165, 1.54) is 6.34 Å². The van der Waals surface area contributed by atoms with E-state index in [0.717, 1.165) is 3.28 Å². The quantitative estimate of drug-likeness (QED) is 0.386. The van der Waals surface area contributed by atoms with Crippen molar-refractivity contribution >= 4 is 24.8 Å². The number of aromatic amines is 1. The van der Waals surface area contributed by atoms with E-state index in [-0.39, 0.29) is 0 Å². The summed E-state index contributed by atoms with van der Waals surface area (Å²) in [5.74, 6) is 0. The third-order valence-electron chi connectivity index (χ3n) is 1.38. The second kappa shape index (κ2) is 2.18. The van der Waals surface area contributed by atoms with E-state index in [1.807, 2.05) is 4.93 Å². The van der Waals surface area contributed by atoms with Gasteiger partial charge in [-0.1, -0.05) is 0 Å². The second-order valence-electron chi connectivity index (χ2n) is 2.25. The van der Waals surface area contributed by atoms with Crippen molar-refractivity contribution in [1.29, 1.82) is 0 Å². The summed E-state index contributed by atoms with van der Waals surface area (Å²) in [7, 11) is 0. The zero-order chi connectivity index (χ0) is 7.90. The van der Waals surface area contributed by atoms with E-state index in [1.54, 1.807) is 6.33 Å². The molecule has 0 aliphatic carbocycles. The van der Waals surface area contributed by atoms with E-state index in [4.69, 9.17) is 3.95 Å². The molecule has 6 heteroatoms. The molecule has 0 saturated heterocycles. The minimum absolute atomic E-state index is 0.710. The molecule has 0 aromatic carbocycles. The Morgan fingerprint density at radius 1 is 1.64 bits per heavy atom. The van der Waals surface area contributed by atoms with Crippen molar-refractivity contribution in [2.24, 2.45) is 12.1 Å². The van der Waals surface area contributed by atoms with Gasteiger partial charge in [0.15, 0.2) is 0 Å². The van der Waals surface area contributed by atoms with Gasteiger partial charge in [0.2, 0.25) is 0 Å². The van der Waals surface area contributed by atoms with Gasteiger partial charge in [0.05, 0.1) is 0 Å². The molecule has 1 unspecified atom stereocenters. The zero-order valence-electron chi connectivity index (χ0n) is 5.95. The Bertz CT molecular complexity index is 436. The Hall–Kier alpha value is -0.630. The zero-order valence-corrected chi connectivity index (χ0v) is 8.11. The standard InChI is InChI=1S/C5H8IN5/c1-6(7)4-5(9-2-8-4)10-3-11-6/h2-3H,1H3,(H3,7,8,9,10,11). The molecule has 0 radical (unpaired) electrons. The van der Waals surface area contributed by atoms with Crippen LogP contribution in [-0.2, 0) is 0 Å². The molecule has 5 nitrogen and oxygen atoms in total. The first-order chi connectivity index (χ1) is 5.20. The van der Waals surface area contributed by atoms with Crippen LogP contribution >= 0.6 is 18.5 Å². The number of rotatable bonds is 0. The second-order valence-corrected chi connectivity index (χ2v) is 8.84. The van der Waals surface area contributed by atoms with E-state index >= 15 is 0 Å². The van der Waals surface area contributed by atoms with E-state index < -0.39 is 18.5 Å². The number of imidazole rings is 1. The number of fused-ring (bicyclic) bond motifs is 1. The van der Waals surface area contributed by atoms with Crippen LogP contribution in [0.1, 0.15) is 0 Å². The molecular formula is C5H8IN5. The maximum atomic E-state index is 5.98. The summed E-state index contributed by atoms with van der Waals surface area (Å²) in [4.78, 5) is 12.9. The summed E-state index contributed by atoms with van der Waals surface area (Å²) in [6.45, 7) is 0. The first kappa shape index (κ1) is 7.04. The van der Waals surface area contributed by atoms with Gasteiger partial charge in [0.25, 0.3) is 0 Å². The molecule has 2 heterocycles. The Balaban J connectivity index is 3.09. The van der Waals surface area contributed by atoms with Gasteiger partial charge in [-0.2, -0.15) is 0 Å². The SMILES string of the molecule is CI1(N)=c2[nH]cnc2=NC=N1. The first-order valence-corrected chi connectivity index (χ1v) is 8.41. The number of aromatic nitrogens is 2. The topological polar surface area (TPSA) is 79.4 Å². The van der Waals surface area contributed by atoms with Crippen LogP contribution < -0.4 is 9.43 Å². The van der Waals surface area contributed by atoms with Gasteiger partial charge in [0, 0.05) is 0 Å². The van der Waals surface area contributed by atoms with Gasteiger partial charge in [0.1, 0.15) is 0 Å². The van der Waals surface area contributed by atoms with Crippen LogP contribution in [0, 0.1) is 3.28 Å². The molecule has 1 aromatic heterocycles. The number of nitrogens with one attached hydrogen (secondary N) is 1. The number of hydrogen-bond acceptors (Lipinski definition) is 4. The summed E-state index contributed by atoms with van der Waals surface area (Å²) >= 11 is -2.52. The summed E-state index contributed by atoms with van der Waals surface area (Å²) in [6, 6.07) is 0. The fourth-order valence-corrected chi connectivity index (χ4v) is 3.80. The minimum atomic E-state index is -2.52. The number of H-pyrrole nitrogens is 1. The number of nitrogens with two attached hydrogens (primary N) is 1. The molecule has 3 N–H and O–H groups in total. The average molecular weight is 265 g/mol. The Morgan fingerprint density at radius 3 is 3.18 bits per heavy atom. The fourth-order valence-electron chi connectivity index (χ4n) is 0.859. The molecule has 2 rings (SSSR count). The van der Waals surface area contributed by atoms with Crippen LogP contribution in [0.4, 0.5) is 0 Å². The molecule has 1 aliphatic rings. The van der Waals surface area contributed by atoms with Crippen LogP contribution in [0.2, 0.25) is 0 Å². The van der Waals surface area contributed by atoms with Crippen molar-refractivity contribution in [2.75, 3.05) is 4.93 Å². The number of nitrogens with zero attached hydrogens (tertiary/aromatic N) is 3. The van der Waals surface area contributed by atoms with E-state index in [0.29, 0.717) is 5.49 Å². The summed E-state index contributed by atoms with van der Waals surface area (Å²) in [6.07, 6.45) is 3.12. The molecule has 1 aliphatic heterocycles. The summed E-state index contributed by atoms with van der Waals surface area (Å²) < 4.78 is 11.1. The number of alkyl halides is 1. The molecular weight excluding hydrogens is 257 g/mol. The fraction of sp³-hybridized carbons (Fsp3) is 0.200. The van der Waals surface area contributed by atoms with Crippen LogP contribution in [0.5, 0.6) is 0 Å². The van der Waals surface area contributed by atoms with Crippen molar-refractivity contribution < 1.29 is 0 Å². The maximum absolute atomic E-state index is 5.98. The van der Waals surface area contributed by atoms with E-state index in [9.17, 15) is 0 Å². The third-order valence-corrected chi connectivity index (χ3v) is 5.77. The van der Waals surface area contributed by atoms with Crippen LogP contribution in [0.15, 0.2) is 14.5 Å². The Kier molecular flexibility index (Phi) is 1.39. The third kappa shape index (κ3) is 1.02. The Labute approximate surface area is 67.2 Å². The molecule has 1 atom stereocenters. The Morgan fingerprint density at radius 2 is 2.45 bits per heavy atom. The van der Waals surface area contributed by atoms with E-state index in [2.05, 4.69) is 18.2 Å². The van der Waals surface area contributed by atoms with Crippen molar-refractivity contribution in [2.45, 2.75) is 0 Å². The predicted molar refractivity (Wildman–Crippen MR) is 51.2 cm³/mol. The molecule has 0 amide bonds. The monoisotopic (exact) mass is 265 g/mol. The molecule has 60 valence electrons. The predicted octanol–water partition coefficient (Wildman–Crippen LogP) is -0.217. The van der Waals surface area contributed by atoms with Crippen molar-refractivity contribution in [1.82, 2.24) is 9.97 Å². The van der Waals surface area contributed by atoms with Gasteiger partial charge in [-0.05, 0) is 0 Å². The molecule has 0 spiro atoms. The van der Waals surface area contributed by atoms with Crippen LogP contribution in [0.3, 0.4) is 0 Å². The molecule has 0 fully saturated rings. The normalized spacial score (nSPS) is 33.6. The first-order valence-electron chi connectivity index (χ1n) is 2.96. The van der Waals surface area contributed by atoms with Crippen LogP contribution in [-0.4, -0.2) is 21.2 Å². The van der Waals surface area contributed by atoms with Gasteiger partial charge in [-0.25, -0.2) is 0 Å². The summed E-state index contributed by atoms with van der Waals surface area (Å²) in [5.41, 5.74) is 0.710. The van der Waals surface area contributed by atoms with Gasteiger partial charge in [-0.15, -0.1) is 0 Å². The number of halogens is 1. The molecule has 0 saturated carbocycles. The summed E-state index contributed by atoms with van der Waals surface area (Å²) in [5, 5.41) is 0. The molecule has 1 aromatic rings.